The number of hydrogen-bond donors (Lipinski definition) is 2. The van der Waals surface area contributed by atoms with E-state index in [1.54, 1.807) is 6.92 Å². The average Bonchev–Trinajstić information content (AvgIpc) is 2.26. The van der Waals surface area contributed by atoms with Crippen molar-refractivity contribution in [3.05, 3.63) is 0 Å². The van der Waals surface area contributed by atoms with E-state index in [1.807, 2.05) is 6.92 Å². The molecular formula is C12H26N2O2. The maximum Gasteiger partial charge on any atom is 0.248 e. The second-order valence-corrected chi connectivity index (χ2v) is 4.07. The summed E-state index contributed by atoms with van der Waals surface area (Å²) in [6.07, 6.45) is 1.75. The third-order valence-corrected chi connectivity index (χ3v) is 2.37. The zero-order valence-corrected chi connectivity index (χ0v) is 11.0. The molecule has 16 heavy (non-hydrogen) atoms. The minimum absolute atomic E-state index is 0.0270. The van der Waals surface area contributed by atoms with Gasteiger partial charge in [0.05, 0.1) is 0 Å². The quantitative estimate of drug-likeness (QED) is 0.587. The van der Waals surface area contributed by atoms with Gasteiger partial charge in [-0.05, 0) is 26.8 Å². The highest BCUT2D eigenvalue weighted by atomic mass is 16.5. The van der Waals surface area contributed by atoms with Crippen LogP contribution in [-0.2, 0) is 9.53 Å². The Balaban J connectivity index is 3.62. The first-order chi connectivity index (χ1) is 7.61. The van der Waals surface area contributed by atoms with Crippen molar-refractivity contribution in [2.24, 2.45) is 0 Å². The molecule has 2 N–H and O–H groups in total. The van der Waals surface area contributed by atoms with Crippen LogP contribution >= 0.6 is 0 Å². The molecule has 0 bridgehead atoms. The zero-order valence-electron chi connectivity index (χ0n) is 11.0. The number of amides is 1. The molecule has 0 aromatic heterocycles. The van der Waals surface area contributed by atoms with Gasteiger partial charge in [0.2, 0.25) is 5.91 Å². The van der Waals surface area contributed by atoms with Crippen molar-refractivity contribution in [1.82, 2.24) is 10.6 Å². The summed E-state index contributed by atoms with van der Waals surface area (Å²) in [5.74, 6) is -0.0270. The van der Waals surface area contributed by atoms with Gasteiger partial charge in [0, 0.05) is 19.2 Å². The lowest BCUT2D eigenvalue weighted by Gasteiger charge is -2.16. The Bertz CT molecular complexity index is 186. The molecule has 0 heterocycles. The largest absolute Gasteiger partial charge is 0.369 e. The molecule has 4 nitrogen and oxygen atoms in total. The highest BCUT2D eigenvalue weighted by Gasteiger charge is 2.13. The van der Waals surface area contributed by atoms with Crippen LogP contribution in [0.4, 0.5) is 0 Å². The van der Waals surface area contributed by atoms with Gasteiger partial charge in [-0.15, -0.1) is 0 Å². The fourth-order valence-corrected chi connectivity index (χ4v) is 1.30. The van der Waals surface area contributed by atoms with Crippen molar-refractivity contribution >= 4 is 5.91 Å². The van der Waals surface area contributed by atoms with Gasteiger partial charge in [0.15, 0.2) is 0 Å². The van der Waals surface area contributed by atoms with E-state index in [2.05, 4.69) is 24.5 Å². The lowest BCUT2D eigenvalue weighted by atomic mass is 10.3. The first-order valence-electron chi connectivity index (χ1n) is 6.24. The van der Waals surface area contributed by atoms with Crippen molar-refractivity contribution in [3.8, 4) is 0 Å². The van der Waals surface area contributed by atoms with E-state index in [9.17, 15) is 4.79 Å². The molecule has 2 atom stereocenters. The Labute approximate surface area is 99.1 Å². The van der Waals surface area contributed by atoms with Gasteiger partial charge in [0.1, 0.15) is 6.10 Å². The molecule has 0 aliphatic carbocycles. The fourth-order valence-electron chi connectivity index (χ4n) is 1.30. The van der Waals surface area contributed by atoms with Crippen molar-refractivity contribution < 1.29 is 9.53 Å². The Morgan fingerprint density at radius 2 is 2.00 bits per heavy atom. The molecular weight excluding hydrogens is 204 g/mol. The Morgan fingerprint density at radius 1 is 1.31 bits per heavy atom. The van der Waals surface area contributed by atoms with E-state index in [0.29, 0.717) is 19.2 Å². The molecule has 0 aliphatic rings. The van der Waals surface area contributed by atoms with E-state index in [1.165, 1.54) is 0 Å². The predicted molar refractivity (Wildman–Crippen MR) is 66.5 cm³/mol. The highest BCUT2D eigenvalue weighted by molar-refractivity contribution is 5.80. The summed E-state index contributed by atoms with van der Waals surface area (Å²) >= 11 is 0. The molecule has 0 saturated heterocycles. The molecule has 0 spiro atoms. The van der Waals surface area contributed by atoms with Gasteiger partial charge in [-0.25, -0.2) is 0 Å². The predicted octanol–water partition coefficient (Wildman–Crippen LogP) is 1.31. The molecule has 0 fully saturated rings. The second kappa shape index (κ2) is 9.60. The number of hydrogen-bond acceptors (Lipinski definition) is 3. The maximum absolute atomic E-state index is 11.6. The van der Waals surface area contributed by atoms with Crippen LogP contribution in [0.15, 0.2) is 0 Å². The number of nitrogens with one attached hydrogen (secondary N) is 2. The molecule has 0 rings (SSSR count). The van der Waals surface area contributed by atoms with Crippen LogP contribution in [0.3, 0.4) is 0 Å². The van der Waals surface area contributed by atoms with Crippen molar-refractivity contribution in [3.63, 3.8) is 0 Å². The number of likely N-dealkylation sites (N-methyl/N-ethyl adjacent to an activating group) is 1. The normalized spacial score (nSPS) is 14.5. The SMILES string of the molecule is CCCCOC(C)C(=O)NC[C@@H](C)NCC. The summed E-state index contributed by atoms with van der Waals surface area (Å²) in [5.41, 5.74) is 0. The Hall–Kier alpha value is -0.610. The van der Waals surface area contributed by atoms with Crippen molar-refractivity contribution in [2.45, 2.75) is 52.7 Å². The molecule has 0 saturated carbocycles. The molecule has 1 amide bonds. The molecule has 0 aromatic rings. The summed E-state index contributed by atoms with van der Waals surface area (Å²) < 4.78 is 5.40. The van der Waals surface area contributed by atoms with Crippen molar-refractivity contribution in [2.75, 3.05) is 19.7 Å². The molecule has 1 unspecified atom stereocenters. The van der Waals surface area contributed by atoms with Crippen LogP contribution in [0.25, 0.3) is 0 Å². The molecule has 0 aliphatic heterocycles. The highest BCUT2D eigenvalue weighted by Crippen LogP contribution is 1.95. The molecule has 4 heteroatoms. The number of carbonyl (C=O) groups is 1. The first kappa shape index (κ1) is 15.4. The summed E-state index contributed by atoms with van der Waals surface area (Å²) in [5, 5.41) is 6.10. The minimum atomic E-state index is -0.347. The number of ether oxygens (including phenoxy) is 1. The third kappa shape index (κ3) is 7.65. The molecule has 0 radical (unpaired) electrons. The molecule has 0 aromatic carbocycles. The summed E-state index contributed by atoms with van der Waals surface area (Å²) in [6, 6.07) is 0.303. The van der Waals surface area contributed by atoms with Gasteiger partial charge in [0.25, 0.3) is 0 Å². The summed E-state index contributed by atoms with van der Waals surface area (Å²) in [4.78, 5) is 11.6. The van der Waals surface area contributed by atoms with Crippen LogP contribution in [0.2, 0.25) is 0 Å². The number of carbonyl (C=O) groups excluding carboxylic acids is 1. The smallest absolute Gasteiger partial charge is 0.248 e. The number of unbranched alkanes of at least 4 members (excludes halogenated alkanes) is 1. The van der Waals surface area contributed by atoms with Crippen LogP contribution < -0.4 is 10.6 Å². The van der Waals surface area contributed by atoms with Crippen molar-refractivity contribution in [1.29, 1.82) is 0 Å². The Morgan fingerprint density at radius 3 is 2.56 bits per heavy atom. The van der Waals surface area contributed by atoms with E-state index in [-0.39, 0.29) is 12.0 Å². The minimum Gasteiger partial charge on any atom is -0.369 e. The maximum atomic E-state index is 11.6. The van der Waals surface area contributed by atoms with Gasteiger partial charge >= 0.3 is 0 Å². The van der Waals surface area contributed by atoms with E-state index >= 15 is 0 Å². The molecule has 96 valence electrons. The van der Waals surface area contributed by atoms with Gasteiger partial charge in [-0.3, -0.25) is 4.79 Å². The second-order valence-electron chi connectivity index (χ2n) is 4.07. The summed E-state index contributed by atoms with van der Waals surface area (Å²) in [6.45, 7) is 10.2. The Kier molecular flexibility index (Phi) is 9.24. The monoisotopic (exact) mass is 230 g/mol. The standard InChI is InChI=1S/C12H26N2O2/c1-5-7-8-16-11(4)12(15)14-9-10(3)13-6-2/h10-11,13H,5-9H2,1-4H3,(H,14,15)/t10-,11?/m1/s1. The van der Waals surface area contributed by atoms with Crippen LogP contribution in [0, 0.1) is 0 Å². The van der Waals surface area contributed by atoms with E-state index in [4.69, 9.17) is 4.74 Å². The van der Waals surface area contributed by atoms with Crippen LogP contribution in [0.5, 0.6) is 0 Å². The fraction of sp³-hybridized carbons (Fsp3) is 0.917. The van der Waals surface area contributed by atoms with E-state index < -0.39 is 0 Å². The number of rotatable bonds is 9. The third-order valence-electron chi connectivity index (χ3n) is 2.37. The topological polar surface area (TPSA) is 50.4 Å². The van der Waals surface area contributed by atoms with Gasteiger partial charge < -0.3 is 15.4 Å². The lowest BCUT2D eigenvalue weighted by molar-refractivity contribution is -0.131. The van der Waals surface area contributed by atoms with Crippen LogP contribution in [-0.4, -0.2) is 37.7 Å². The lowest BCUT2D eigenvalue weighted by Crippen LogP contribution is -2.42. The summed E-state index contributed by atoms with van der Waals surface area (Å²) in [7, 11) is 0. The van der Waals surface area contributed by atoms with E-state index in [0.717, 1.165) is 19.4 Å². The average molecular weight is 230 g/mol. The van der Waals surface area contributed by atoms with Crippen LogP contribution in [0.1, 0.15) is 40.5 Å². The van der Waals surface area contributed by atoms with Gasteiger partial charge in [-0.1, -0.05) is 20.3 Å². The first-order valence-corrected chi connectivity index (χ1v) is 6.24. The van der Waals surface area contributed by atoms with Gasteiger partial charge in [-0.2, -0.15) is 0 Å². The zero-order chi connectivity index (χ0) is 12.4.